The number of rotatable bonds is 5. The summed E-state index contributed by atoms with van der Waals surface area (Å²) in [5, 5.41) is 4.79. The maximum Gasteiger partial charge on any atom is 0.0962 e. The largest absolute Gasteiger partial charge is 0.312 e. The summed E-state index contributed by atoms with van der Waals surface area (Å²) in [6, 6.07) is 0. The van der Waals surface area contributed by atoms with Crippen LogP contribution in [0.1, 0.15) is 61.0 Å². The van der Waals surface area contributed by atoms with Crippen LogP contribution in [0, 0.1) is 12.8 Å². The molecule has 0 saturated heterocycles. The number of nitrogens with one attached hydrogen (secondary N) is 1. The van der Waals surface area contributed by atoms with Crippen molar-refractivity contribution in [2.24, 2.45) is 5.92 Å². The average Bonchev–Trinajstić information content (AvgIpc) is 2.93. The summed E-state index contributed by atoms with van der Waals surface area (Å²) in [6.45, 7) is 8.65. The van der Waals surface area contributed by atoms with Gasteiger partial charge in [-0.15, -0.1) is 11.3 Å². The van der Waals surface area contributed by atoms with Crippen LogP contribution in [0.15, 0.2) is 0 Å². The highest BCUT2D eigenvalue weighted by molar-refractivity contribution is 7.11. The van der Waals surface area contributed by atoms with Crippen LogP contribution >= 0.6 is 11.3 Å². The summed E-state index contributed by atoms with van der Waals surface area (Å²) < 4.78 is 0. The van der Waals surface area contributed by atoms with Crippen LogP contribution in [0.4, 0.5) is 0 Å². The molecule has 0 bridgehead atoms. The lowest BCUT2D eigenvalue weighted by atomic mass is 10.0. The SMILES string of the molecule is CCNCc1sc(C2CCC(CC)C2)nc1C. The Kier molecular flexibility index (Phi) is 4.57. The molecule has 1 fully saturated rings. The van der Waals surface area contributed by atoms with Gasteiger partial charge in [-0.1, -0.05) is 20.3 Å². The lowest BCUT2D eigenvalue weighted by Crippen LogP contribution is -2.11. The first-order valence-corrected chi connectivity index (χ1v) is 7.73. The van der Waals surface area contributed by atoms with Gasteiger partial charge >= 0.3 is 0 Å². The van der Waals surface area contributed by atoms with Crippen LogP contribution in [0.3, 0.4) is 0 Å². The van der Waals surface area contributed by atoms with Crippen molar-refractivity contribution in [3.8, 4) is 0 Å². The van der Waals surface area contributed by atoms with Crippen LogP contribution in [0.25, 0.3) is 0 Å². The van der Waals surface area contributed by atoms with Gasteiger partial charge in [0.15, 0.2) is 0 Å². The molecule has 0 radical (unpaired) electrons. The van der Waals surface area contributed by atoms with Crippen molar-refractivity contribution in [2.75, 3.05) is 6.54 Å². The number of aromatic nitrogens is 1. The molecule has 96 valence electrons. The Hall–Kier alpha value is -0.410. The summed E-state index contributed by atoms with van der Waals surface area (Å²) in [5.41, 5.74) is 1.24. The Bertz CT molecular complexity index is 359. The predicted octanol–water partition coefficient (Wildman–Crippen LogP) is 3.85. The maximum absolute atomic E-state index is 4.79. The first-order chi connectivity index (χ1) is 8.24. The van der Waals surface area contributed by atoms with Gasteiger partial charge in [-0.05, 0) is 38.6 Å². The minimum Gasteiger partial charge on any atom is -0.312 e. The lowest BCUT2D eigenvalue weighted by molar-refractivity contribution is 0.521. The zero-order chi connectivity index (χ0) is 12.3. The summed E-state index contributed by atoms with van der Waals surface area (Å²) >= 11 is 1.94. The first-order valence-electron chi connectivity index (χ1n) is 6.91. The van der Waals surface area contributed by atoms with E-state index in [2.05, 4.69) is 26.1 Å². The molecular weight excluding hydrogens is 228 g/mol. The van der Waals surface area contributed by atoms with Gasteiger partial charge in [-0.25, -0.2) is 4.98 Å². The molecule has 2 atom stereocenters. The Morgan fingerprint density at radius 1 is 1.35 bits per heavy atom. The minimum absolute atomic E-state index is 0.749. The van der Waals surface area contributed by atoms with E-state index in [1.807, 2.05) is 11.3 Å². The quantitative estimate of drug-likeness (QED) is 0.861. The molecule has 2 unspecified atom stereocenters. The van der Waals surface area contributed by atoms with Crippen LogP contribution in [0.2, 0.25) is 0 Å². The van der Waals surface area contributed by atoms with Crippen molar-refractivity contribution >= 4 is 11.3 Å². The number of hydrogen-bond donors (Lipinski definition) is 1. The summed E-state index contributed by atoms with van der Waals surface area (Å²) in [4.78, 5) is 6.23. The molecule has 17 heavy (non-hydrogen) atoms. The van der Waals surface area contributed by atoms with E-state index in [0.717, 1.165) is 24.9 Å². The van der Waals surface area contributed by atoms with Crippen LogP contribution in [-0.2, 0) is 6.54 Å². The molecule has 1 aromatic rings. The molecule has 1 saturated carbocycles. The first kappa shape index (κ1) is 13.0. The third kappa shape index (κ3) is 3.08. The number of aryl methyl sites for hydroxylation is 1. The van der Waals surface area contributed by atoms with Crippen LogP contribution in [-0.4, -0.2) is 11.5 Å². The van der Waals surface area contributed by atoms with Gasteiger partial charge in [-0.2, -0.15) is 0 Å². The molecule has 1 aliphatic rings. The van der Waals surface area contributed by atoms with E-state index in [1.54, 1.807) is 0 Å². The van der Waals surface area contributed by atoms with E-state index >= 15 is 0 Å². The highest BCUT2D eigenvalue weighted by Crippen LogP contribution is 2.41. The van der Waals surface area contributed by atoms with E-state index in [0.29, 0.717) is 0 Å². The van der Waals surface area contributed by atoms with Crippen molar-refractivity contribution in [1.29, 1.82) is 0 Å². The fraction of sp³-hybridized carbons (Fsp3) is 0.786. The van der Waals surface area contributed by atoms with Crippen molar-refractivity contribution < 1.29 is 0 Å². The van der Waals surface area contributed by atoms with E-state index < -0.39 is 0 Å². The zero-order valence-corrected chi connectivity index (χ0v) is 12.1. The Morgan fingerprint density at radius 2 is 2.18 bits per heavy atom. The molecule has 2 rings (SSSR count). The lowest BCUT2D eigenvalue weighted by Gasteiger charge is -2.06. The van der Waals surface area contributed by atoms with Crippen LogP contribution < -0.4 is 5.32 Å². The fourth-order valence-corrected chi connectivity index (χ4v) is 3.88. The van der Waals surface area contributed by atoms with Gasteiger partial charge in [0.1, 0.15) is 0 Å². The Labute approximate surface area is 109 Å². The predicted molar refractivity (Wildman–Crippen MR) is 74.6 cm³/mol. The van der Waals surface area contributed by atoms with E-state index in [-0.39, 0.29) is 0 Å². The van der Waals surface area contributed by atoms with Crippen molar-refractivity contribution in [3.05, 3.63) is 15.6 Å². The average molecular weight is 252 g/mol. The molecule has 0 aliphatic heterocycles. The molecule has 1 heterocycles. The van der Waals surface area contributed by atoms with Crippen molar-refractivity contribution in [2.45, 2.75) is 58.9 Å². The molecular formula is C14H24N2S. The number of nitrogens with zero attached hydrogens (tertiary/aromatic N) is 1. The summed E-state index contributed by atoms with van der Waals surface area (Å²) in [5.74, 6) is 1.69. The monoisotopic (exact) mass is 252 g/mol. The molecule has 0 aromatic carbocycles. The van der Waals surface area contributed by atoms with E-state index in [9.17, 15) is 0 Å². The standard InChI is InChI=1S/C14H24N2S/c1-4-11-6-7-12(8-11)14-16-10(3)13(17-14)9-15-5-2/h11-12,15H,4-9H2,1-3H3. The molecule has 1 aromatic heterocycles. The van der Waals surface area contributed by atoms with Crippen molar-refractivity contribution in [1.82, 2.24) is 10.3 Å². The zero-order valence-electron chi connectivity index (χ0n) is 11.3. The van der Waals surface area contributed by atoms with Crippen LogP contribution in [0.5, 0.6) is 0 Å². The molecule has 1 aliphatic carbocycles. The highest BCUT2D eigenvalue weighted by atomic mass is 32.1. The smallest absolute Gasteiger partial charge is 0.0962 e. The van der Waals surface area contributed by atoms with Gasteiger partial charge in [0, 0.05) is 17.3 Å². The van der Waals surface area contributed by atoms with E-state index in [1.165, 1.54) is 41.3 Å². The minimum atomic E-state index is 0.749. The molecule has 3 heteroatoms. The highest BCUT2D eigenvalue weighted by Gasteiger charge is 2.27. The molecule has 1 N–H and O–H groups in total. The Balaban J connectivity index is 2.02. The third-order valence-corrected chi connectivity index (χ3v) is 5.23. The van der Waals surface area contributed by atoms with Gasteiger partial charge in [0.25, 0.3) is 0 Å². The third-order valence-electron chi connectivity index (χ3n) is 3.91. The molecule has 2 nitrogen and oxygen atoms in total. The maximum atomic E-state index is 4.79. The summed E-state index contributed by atoms with van der Waals surface area (Å²) in [7, 11) is 0. The van der Waals surface area contributed by atoms with E-state index in [4.69, 9.17) is 4.98 Å². The summed E-state index contributed by atoms with van der Waals surface area (Å²) in [6.07, 6.45) is 5.46. The molecule has 0 amide bonds. The topological polar surface area (TPSA) is 24.9 Å². The Morgan fingerprint density at radius 3 is 2.82 bits per heavy atom. The second kappa shape index (κ2) is 5.96. The normalized spacial score (nSPS) is 24.4. The fourth-order valence-electron chi connectivity index (χ4n) is 2.70. The van der Waals surface area contributed by atoms with Crippen molar-refractivity contribution in [3.63, 3.8) is 0 Å². The second-order valence-electron chi connectivity index (χ2n) is 5.13. The van der Waals surface area contributed by atoms with Gasteiger partial charge < -0.3 is 5.32 Å². The van der Waals surface area contributed by atoms with Gasteiger partial charge in [-0.3, -0.25) is 0 Å². The number of hydrogen-bond acceptors (Lipinski definition) is 3. The second-order valence-corrected chi connectivity index (χ2v) is 6.24. The van der Waals surface area contributed by atoms with Gasteiger partial charge in [0.2, 0.25) is 0 Å². The number of thiazole rings is 1. The van der Waals surface area contributed by atoms with Gasteiger partial charge in [0.05, 0.1) is 10.7 Å². The molecule has 0 spiro atoms.